The highest BCUT2D eigenvalue weighted by molar-refractivity contribution is 7.26. The van der Waals surface area contributed by atoms with E-state index in [1.54, 1.807) is 0 Å². The molecule has 0 amide bonds. The van der Waals surface area contributed by atoms with Gasteiger partial charge in [0.25, 0.3) is 0 Å². The maximum atomic E-state index is 2.41. The summed E-state index contributed by atoms with van der Waals surface area (Å²) in [5, 5.41) is 5.47. The van der Waals surface area contributed by atoms with Gasteiger partial charge in [-0.15, -0.1) is 11.3 Å². The van der Waals surface area contributed by atoms with E-state index >= 15 is 0 Å². The standard InChI is InChI=1S/C26H19NS/c1-16-11-12-19-22(15-16)27(18-8-4-3-5-9-18)21-13-14-23-25(24(19)21)20-10-6-7-17(2)26(20)28-23/h3-15H,1-2H3. The second-order valence-electron chi connectivity index (χ2n) is 7.58. The van der Waals surface area contributed by atoms with Crippen LogP contribution in [-0.4, -0.2) is 4.57 Å². The SMILES string of the molecule is Cc1ccc2c3c4c(ccc3n(-c3ccccc3)c2c1)sc1c(C)cccc14. The van der Waals surface area contributed by atoms with Gasteiger partial charge in [-0.3, -0.25) is 0 Å². The highest BCUT2D eigenvalue weighted by Crippen LogP contribution is 2.44. The summed E-state index contributed by atoms with van der Waals surface area (Å²) < 4.78 is 5.18. The minimum Gasteiger partial charge on any atom is -0.309 e. The number of aromatic nitrogens is 1. The zero-order chi connectivity index (χ0) is 18.8. The Morgan fingerprint density at radius 3 is 2.39 bits per heavy atom. The van der Waals surface area contributed by atoms with E-state index in [4.69, 9.17) is 0 Å². The van der Waals surface area contributed by atoms with Gasteiger partial charge in [-0.1, -0.05) is 48.5 Å². The summed E-state index contributed by atoms with van der Waals surface area (Å²) in [6.07, 6.45) is 0. The molecule has 0 aliphatic heterocycles. The van der Waals surface area contributed by atoms with Gasteiger partial charge in [0.2, 0.25) is 0 Å². The van der Waals surface area contributed by atoms with Crippen molar-refractivity contribution in [3.05, 3.63) is 90.0 Å². The quantitative estimate of drug-likeness (QED) is 0.276. The van der Waals surface area contributed by atoms with E-state index in [-0.39, 0.29) is 0 Å². The van der Waals surface area contributed by atoms with Crippen molar-refractivity contribution in [3.63, 3.8) is 0 Å². The minimum atomic E-state index is 1.21. The largest absolute Gasteiger partial charge is 0.309 e. The zero-order valence-corrected chi connectivity index (χ0v) is 16.7. The van der Waals surface area contributed by atoms with Gasteiger partial charge in [0.15, 0.2) is 0 Å². The molecule has 0 fully saturated rings. The van der Waals surface area contributed by atoms with Crippen LogP contribution in [0.2, 0.25) is 0 Å². The molecule has 6 aromatic rings. The molecule has 2 heterocycles. The van der Waals surface area contributed by atoms with E-state index in [2.05, 4.69) is 97.3 Å². The van der Waals surface area contributed by atoms with Gasteiger partial charge in [-0.05, 0) is 55.3 Å². The Balaban J connectivity index is 1.92. The molecule has 0 atom stereocenters. The fraction of sp³-hybridized carbons (Fsp3) is 0.0769. The Labute approximate surface area is 167 Å². The van der Waals surface area contributed by atoms with Gasteiger partial charge in [0, 0.05) is 36.6 Å². The Bertz CT molecular complexity index is 1520. The number of thiophene rings is 1. The molecular weight excluding hydrogens is 358 g/mol. The fourth-order valence-electron chi connectivity index (χ4n) is 4.50. The van der Waals surface area contributed by atoms with Gasteiger partial charge in [-0.25, -0.2) is 0 Å². The topological polar surface area (TPSA) is 4.93 Å². The third kappa shape index (κ3) is 2.07. The van der Waals surface area contributed by atoms with Crippen molar-refractivity contribution in [3.8, 4) is 5.69 Å². The summed E-state index contributed by atoms with van der Waals surface area (Å²) in [5.74, 6) is 0. The molecule has 0 spiro atoms. The highest BCUT2D eigenvalue weighted by Gasteiger charge is 2.18. The predicted molar refractivity (Wildman–Crippen MR) is 123 cm³/mol. The average molecular weight is 378 g/mol. The van der Waals surface area contributed by atoms with Gasteiger partial charge in [0.1, 0.15) is 0 Å². The van der Waals surface area contributed by atoms with E-state index in [0.29, 0.717) is 0 Å². The molecule has 0 unspecified atom stereocenters. The monoisotopic (exact) mass is 377 g/mol. The zero-order valence-electron chi connectivity index (χ0n) is 15.9. The third-order valence-corrected chi connectivity index (χ3v) is 7.06. The lowest BCUT2D eigenvalue weighted by molar-refractivity contribution is 1.18. The molecular formula is C26H19NS. The number of hydrogen-bond donors (Lipinski definition) is 0. The molecule has 134 valence electrons. The lowest BCUT2D eigenvalue weighted by Gasteiger charge is -2.07. The van der Waals surface area contributed by atoms with Crippen LogP contribution in [0.3, 0.4) is 0 Å². The highest BCUT2D eigenvalue weighted by atomic mass is 32.1. The number of hydrogen-bond acceptors (Lipinski definition) is 1. The number of fused-ring (bicyclic) bond motifs is 7. The second kappa shape index (κ2) is 5.70. The van der Waals surface area contributed by atoms with Crippen molar-refractivity contribution in [2.24, 2.45) is 0 Å². The van der Waals surface area contributed by atoms with Crippen LogP contribution in [0.15, 0.2) is 78.9 Å². The van der Waals surface area contributed by atoms with E-state index in [1.807, 2.05) is 11.3 Å². The van der Waals surface area contributed by atoms with Crippen molar-refractivity contribution in [2.45, 2.75) is 13.8 Å². The van der Waals surface area contributed by atoms with Crippen molar-refractivity contribution in [1.82, 2.24) is 4.57 Å². The molecule has 0 aliphatic rings. The van der Waals surface area contributed by atoms with Crippen LogP contribution in [0.5, 0.6) is 0 Å². The first-order valence-corrected chi connectivity index (χ1v) is 10.4. The van der Waals surface area contributed by atoms with Crippen LogP contribution in [0.25, 0.3) is 47.7 Å². The number of nitrogens with zero attached hydrogens (tertiary/aromatic N) is 1. The molecule has 0 N–H and O–H groups in total. The van der Waals surface area contributed by atoms with E-state index in [9.17, 15) is 0 Å². The Kier molecular flexibility index (Phi) is 3.24. The van der Waals surface area contributed by atoms with Crippen molar-refractivity contribution in [1.29, 1.82) is 0 Å². The fourth-order valence-corrected chi connectivity index (χ4v) is 5.68. The number of rotatable bonds is 1. The van der Waals surface area contributed by atoms with Crippen LogP contribution in [-0.2, 0) is 0 Å². The lowest BCUT2D eigenvalue weighted by atomic mass is 10.0. The molecule has 28 heavy (non-hydrogen) atoms. The minimum absolute atomic E-state index is 1.21. The van der Waals surface area contributed by atoms with Crippen LogP contribution < -0.4 is 0 Å². The molecule has 0 bridgehead atoms. The summed E-state index contributed by atoms with van der Waals surface area (Å²) in [6.45, 7) is 4.39. The maximum Gasteiger partial charge on any atom is 0.0548 e. The van der Waals surface area contributed by atoms with Gasteiger partial charge >= 0.3 is 0 Å². The molecule has 0 saturated carbocycles. The van der Waals surface area contributed by atoms with Crippen molar-refractivity contribution >= 4 is 53.3 Å². The summed E-state index contributed by atoms with van der Waals surface area (Å²) in [4.78, 5) is 0. The molecule has 4 aromatic carbocycles. The summed E-state index contributed by atoms with van der Waals surface area (Å²) in [7, 11) is 0. The molecule has 2 heteroatoms. The predicted octanol–water partition coefficient (Wildman–Crippen LogP) is 7.77. The number of para-hydroxylation sites is 1. The second-order valence-corrected chi connectivity index (χ2v) is 8.63. The molecule has 2 aromatic heterocycles. The van der Waals surface area contributed by atoms with Crippen molar-refractivity contribution in [2.75, 3.05) is 0 Å². The lowest BCUT2D eigenvalue weighted by Crippen LogP contribution is -1.93. The molecule has 1 nitrogen and oxygen atoms in total. The summed E-state index contributed by atoms with van der Waals surface area (Å²) in [6, 6.07) is 28.8. The molecule has 0 radical (unpaired) electrons. The first-order valence-electron chi connectivity index (χ1n) is 9.63. The molecule has 6 rings (SSSR count). The van der Waals surface area contributed by atoms with E-state index < -0.39 is 0 Å². The van der Waals surface area contributed by atoms with Crippen molar-refractivity contribution < 1.29 is 0 Å². The van der Waals surface area contributed by atoms with Crippen LogP contribution in [0, 0.1) is 13.8 Å². The van der Waals surface area contributed by atoms with Crippen LogP contribution >= 0.6 is 11.3 Å². The van der Waals surface area contributed by atoms with Gasteiger partial charge in [0.05, 0.1) is 11.0 Å². The first kappa shape index (κ1) is 15.9. The van der Waals surface area contributed by atoms with Gasteiger partial charge < -0.3 is 4.57 Å². The average Bonchev–Trinajstić information content (AvgIpc) is 3.24. The maximum absolute atomic E-state index is 2.41. The van der Waals surface area contributed by atoms with Gasteiger partial charge in [-0.2, -0.15) is 0 Å². The third-order valence-electron chi connectivity index (χ3n) is 5.76. The smallest absolute Gasteiger partial charge is 0.0548 e. The Morgan fingerprint density at radius 1 is 0.679 bits per heavy atom. The number of benzene rings is 4. The van der Waals surface area contributed by atoms with E-state index in [0.717, 1.165) is 0 Å². The number of aryl methyl sites for hydroxylation is 2. The molecule has 0 aliphatic carbocycles. The normalized spacial score (nSPS) is 11.9. The van der Waals surface area contributed by atoms with E-state index in [1.165, 1.54) is 58.8 Å². The Hall–Kier alpha value is -3.10. The summed E-state index contributed by atoms with van der Waals surface area (Å²) >= 11 is 1.91. The Morgan fingerprint density at radius 2 is 1.54 bits per heavy atom. The molecule has 0 saturated heterocycles. The summed E-state index contributed by atoms with van der Waals surface area (Å²) in [5.41, 5.74) is 6.41. The van der Waals surface area contributed by atoms with Crippen LogP contribution in [0.1, 0.15) is 11.1 Å². The first-order chi connectivity index (χ1) is 13.7. The van der Waals surface area contributed by atoms with Crippen LogP contribution in [0.4, 0.5) is 0 Å².